The fourth-order valence-corrected chi connectivity index (χ4v) is 3.05. The van der Waals surface area contributed by atoms with Crippen LogP contribution < -0.4 is 5.32 Å². The van der Waals surface area contributed by atoms with E-state index in [2.05, 4.69) is 19.2 Å². The number of halogens is 2. The Bertz CT molecular complexity index is 656. The molecule has 1 atom stereocenters. The molecule has 0 spiro atoms. The first-order chi connectivity index (χ1) is 9.11. The third-order valence-corrected chi connectivity index (χ3v) is 5.37. The zero-order valence-electron chi connectivity index (χ0n) is 11.1. The molecule has 1 aromatic carbocycles. The second-order valence-corrected chi connectivity index (χ2v) is 8.65. The first-order valence-corrected chi connectivity index (χ1v) is 8.82. The lowest BCUT2D eigenvalue weighted by Gasteiger charge is -2.08. The van der Waals surface area contributed by atoms with Gasteiger partial charge in [-0.05, 0) is 36.0 Å². The van der Waals surface area contributed by atoms with Crippen LogP contribution in [0.3, 0.4) is 0 Å². The number of hydrogen-bond donors (Lipinski definition) is 1. The van der Waals surface area contributed by atoms with E-state index in [4.69, 9.17) is 22.3 Å². The molecule has 0 radical (unpaired) electrons. The molecule has 1 aliphatic rings. The Balaban J connectivity index is 2.13. The van der Waals surface area contributed by atoms with Crippen LogP contribution in [0.15, 0.2) is 23.1 Å². The normalized spacial score (nSPS) is 20.5. The van der Waals surface area contributed by atoms with Crippen molar-refractivity contribution in [3.8, 4) is 0 Å². The van der Waals surface area contributed by atoms with E-state index < -0.39 is 9.05 Å². The van der Waals surface area contributed by atoms with Gasteiger partial charge in [0.05, 0.1) is 15.5 Å². The summed E-state index contributed by atoms with van der Waals surface area (Å²) in [5, 5.41) is 2.97. The van der Waals surface area contributed by atoms with E-state index in [0.717, 1.165) is 6.42 Å². The van der Waals surface area contributed by atoms with Crippen LogP contribution >= 0.6 is 22.3 Å². The second kappa shape index (κ2) is 5.20. The van der Waals surface area contributed by atoms with Crippen molar-refractivity contribution in [3.63, 3.8) is 0 Å². The lowest BCUT2D eigenvalue weighted by molar-refractivity contribution is 0.0950. The van der Waals surface area contributed by atoms with Gasteiger partial charge in [0.1, 0.15) is 0 Å². The molecule has 0 heterocycles. The van der Waals surface area contributed by atoms with Gasteiger partial charge in [-0.25, -0.2) is 8.42 Å². The van der Waals surface area contributed by atoms with E-state index in [1.54, 1.807) is 0 Å². The third kappa shape index (κ3) is 3.45. The molecule has 2 rings (SSSR count). The van der Waals surface area contributed by atoms with Crippen molar-refractivity contribution in [2.24, 2.45) is 11.3 Å². The van der Waals surface area contributed by atoms with Gasteiger partial charge >= 0.3 is 0 Å². The van der Waals surface area contributed by atoms with Gasteiger partial charge in [-0.15, -0.1) is 0 Å². The quantitative estimate of drug-likeness (QED) is 0.860. The molecule has 1 N–H and O–H groups in total. The highest BCUT2D eigenvalue weighted by atomic mass is 35.7. The Hall–Kier alpha value is -0.780. The Morgan fingerprint density at radius 2 is 2.05 bits per heavy atom. The van der Waals surface area contributed by atoms with Gasteiger partial charge in [0.15, 0.2) is 0 Å². The van der Waals surface area contributed by atoms with Gasteiger partial charge in [0.25, 0.3) is 15.0 Å². The predicted octanol–water partition coefficient (Wildman–Crippen LogP) is 3.04. The summed E-state index contributed by atoms with van der Waals surface area (Å²) in [7, 11) is 1.38. The van der Waals surface area contributed by atoms with Gasteiger partial charge in [-0.3, -0.25) is 4.79 Å². The van der Waals surface area contributed by atoms with E-state index in [1.807, 2.05) is 0 Å². The molecule has 0 saturated heterocycles. The minimum atomic E-state index is -3.88. The SMILES string of the molecule is CC1(C)CC1CNC(=O)c1cc(S(=O)(=O)Cl)ccc1Cl. The molecule has 1 fully saturated rings. The van der Waals surface area contributed by atoms with Crippen LogP contribution in [0.4, 0.5) is 0 Å². The molecule has 0 bridgehead atoms. The van der Waals surface area contributed by atoms with Gasteiger partial charge < -0.3 is 5.32 Å². The third-order valence-electron chi connectivity index (χ3n) is 3.69. The zero-order valence-corrected chi connectivity index (χ0v) is 13.4. The standard InChI is InChI=1S/C13H15Cl2NO3S/c1-13(2)6-8(13)7-16-12(17)10-5-9(20(15,18)19)3-4-11(10)14/h3-5,8H,6-7H2,1-2H3,(H,16,17). The smallest absolute Gasteiger partial charge is 0.261 e. The van der Waals surface area contributed by atoms with E-state index >= 15 is 0 Å². The molecule has 1 amide bonds. The summed E-state index contributed by atoms with van der Waals surface area (Å²) in [6.45, 7) is 4.83. The molecule has 1 unspecified atom stereocenters. The molecule has 0 aromatic heterocycles. The molecular formula is C13H15Cl2NO3S. The average molecular weight is 336 g/mol. The monoisotopic (exact) mass is 335 g/mol. The highest BCUT2D eigenvalue weighted by Gasteiger charge is 2.45. The Morgan fingerprint density at radius 1 is 1.45 bits per heavy atom. The average Bonchev–Trinajstić information content (AvgIpc) is 2.93. The Kier molecular flexibility index (Phi) is 4.06. The van der Waals surface area contributed by atoms with E-state index in [0.29, 0.717) is 12.5 Å². The van der Waals surface area contributed by atoms with Crippen LogP contribution in [0.5, 0.6) is 0 Å². The first-order valence-electron chi connectivity index (χ1n) is 6.14. The molecule has 110 valence electrons. The van der Waals surface area contributed by atoms with Crippen LogP contribution in [0.1, 0.15) is 30.6 Å². The molecule has 1 saturated carbocycles. The summed E-state index contributed by atoms with van der Waals surface area (Å²) < 4.78 is 22.5. The number of benzene rings is 1. The number of carbonyl (C=O) groups is 1. The molecular weight excluding hydrogens is 321 g/mol. The van der Waals surface area contributed by atoms with Crippen LogP contribution in [-0.2, 0) is 9.05 Å². The molecule has 1 aromatic rings. The summed E-state index contributed by atoms with van der Waals surface area (Å²) in [6.07, 6.45) is 1.07. The molecule has 7 heteroatoms. The van der Waals surface area contributed by atoms with Crippen molar-refractivity contribution < 1.29 is 13.2 Å². The number of carbonyl (C=O) groups excluding carboxylic acids is 1. The lowest BCUT2D eigenvalue weighted by Crippen LogP contribution is -2.27. The molecule has 0 aliphatic heterocycles. The maximum Gasteiger partial charge on any atom is 0.261 e. The largest absolute Gasteiger partial charge is 0.352 e. The summed E-state index contributed by atoms with van der Waals surface area (Å²) >= 11 is 5.93. The van der Waals surface area contributed by atoms with Crippen molar-refractivity contribution in [1.82, 2.24) is 5.32 Å². The highest BCUT2D eigenvalue weighted by Crippen LogP contribution is 2.51. The fraction of sp³-hybridized carbons (Fsp3) is 0.462. The maximum atomic E-state index is 12.1. The van der Waals surface area contributed by atoms with Gasteiger partial charge in [0, 0.05) is 17.2 Å². The highest BCUT2D eigenvalue weighted by molar-refractivity contribution is 8.13. The summed E-state index contributed by atoms with van der Waals surface area (Å²) in [4.78, 5) is 11.9. The van der Waals surface area contributed by atoms with Crippen LogP contribution in [0, 0.1) is 11.3 Å². The minimum Gasteiger partial charge on any atom is -0.352 e. The molecule has 20 heavy (non-hydrogen) atoms. The summed E-state index contributed by atoms with van der Waals surface area (Å²) in [6, 6.07) is 3.82. The zero-order chi connectivity index (χ0) is 15.1. The van der Waals surface area contributed by atoms with Crippen molar-refractivity contribution in [2.75, 3.05) is 6.54 Å². The Labute approximate surface area is 127 Å². The van der Waals surface area contributed by atoms with Crippen LogP contribution in [0.25, 0.3) is 0 Å². The van der Waals surface area contributed by atoms with Crippen molar-refractivity contribution in [3.05, 3.63) is 28.8 Å². The van der Waals surface area contributed by atoms with Crippen molar-refractivity contribution in [1.29, 1.82) is 0 Å². The summed E-state index contributed by atoms with van der Waals surface area (Å²) in [5.74, 6) is 0.0602. The van der Waals surface area contributed by atoms with E-state index in [1.165, 1.54) is 18.2 Å². The van der Waals surface area contributed by atoms with E-state index in [-0.39, 0.29) is 26.8 Å². The van der Waals surface area contributed by atoms with E-state index in [9.17, 15) is 13.2 Å². The predicted molar refractivity (Wildman–Crippen MR) is 78.7 cm³/mol. The topological polar surface area (TPSA) is 63.2 Å². The van der Waals surface area contributed by atoms with Crippen molar-refractivity contribution >= 4 is 37.2 Å². The second-order valence-electron chi connectivity index (χ2n) is 5.68. The first kappa shape index (κ1) is 15.6. The van der Waals surface area contributed by atoms with Gasteiger partial charge in [0.2, 0.25) is 0 Å². The molecule has 1 aliphatic carbocycles. The summed E-state index contributed by atoms with van der Waals surface area (Å²) in [5.41, 5.74) is 0.380. The van der Waals surface area contributed by atoms with Crippen LogP contribution in [-0.4, -0.2) is 20.9 Å². The number of rotatable bonds is 4. The number of hydrogen-bond acceptors (Lipinski definition) is 3. The maximum absolute atomic E-state index is 12.1. The van der Waals surface area contributed by atoms with Gasteiger partial charge in [-0.1, -0.05) is 25.4 Å². The minimum absolute atomic E-state index is 0.117. The van der Waals surface area contributed by atoms with Crippen molar-refractivity contribution in [2.45, 2.75) is 25.2 Å². The lowest BCUT2D eigenvalue weighted by atomic mass is 10.1. The molecule has 4 nitrogen and oxygen atoms in total. The van der Waals surface area contributed by atoms with Crippen LogP contribution in [0.2, 0.25) is 5.02 Å². The fourth-order valence-electron chi connectivity index (χ4n) is 2.07. The number of nitrogens with one attached hydrogen (secondary N) is 1. The Morgan fingerprint density at radius 3 is 2.55 bits per heavy atom. The van der Waals surface area contributed by atoms with Gasteiger partial charge in [-0.2, -0.15) is 0 Å². The number of amides is 1.